The van der Waals surface area contributed by atoms with Gasteiger partial charge >= 0.3 is 0 Å². The molecule has 0 bridgehead atoms. The van der Waals surface area contributed by atoms with Crippen LogP contribution < -0.4 is 10.6 Å². The van der Waals surface area contributed by atoms with E-state index in [1.165, 1.54) is 0 Å². The average Bonchev–Trinajstić information content (AvgIpc) is 2.39. The molecule has 2 nitrogen and oxygen atoms in total. The lowest BCUT2D eigenvalue weighted by atomic mass is 10.1. The van der Waals surface area contributed by atoms with E-state index in [2.05, 4.69) is 23.8 Å². The lowest BCUT2D eigenvalue weighted by Crippen LogP contribution is -2.26. The van der Waals surface area contributed by atoms with Crippen LogP contribution in [0.4, 0.5) is 0 Å². The summed E-state index contributed by atoms with van der Waals surface area (Å²) >= 11 is 0. The molecule has 0 aliphatic carbocycles. The van der Waals surface area contributed by atoms with Crippen LogP contribution >= 0.6 is 0 Å². The summed E-state index contributed by atoms with van der Waals surface area (Å²) in [7, 11) is 0. The van der Waals surface area contributed by atoms with Crippen molar-refractivity contribution in [3.05, 3.63) is 34.8 Å². The fourth-order valence-electron chi connectivity index (χ4n) is 1.44. The van der Waals surface area contributed by atoms with E-state index < -0.39 is 0 Å². The van der Waals surface area contributed by atoms with Crippen molar-refractivity contribution in [3.8, 4) is 0 Å². The second-order valence-electron chi connectivity index (χ2n) is 3.85. The predicted octanol–water partition coefficient (Wildman–Crippen LogP) is 1.15. The summed E-state index contributed by atoms with van der Waals surface area (Å²) in [5.74, 6) is 0.498. The molecule has 72 valence electrons. The Kier molecular flexibility index (Phi) is 2.44. The van der Waals surface area contributed by atoms with Crippen LogP contribution in [0.1, 0.15) is 13.8 Å². The Bertz CT molecular complexity index is 457. The number of para-hydroxylation sites is 1. The first kappa shape index (κ1) is 9.13. The van der Waals surface area contributed by atoms with Crippen LogP contribution in [0.5, 0.6) is 0 Å². The third-order valence-corrected chi connectivity index (χ3v) is 2.36. The molecular weight excluding hydrogens is 172 g/mol. The van der Waals surface area contributed by atoms with Crippen molar-refractivity contribution in [3.63, 3.8) is 0 Å². The molecule has 1 aliphatic heterocycles. The highest BCUT2D eigenvalue weighted by Crippen LogP contribution is 2.03. The number of hydrogen-bond acceptors (Lipinski definition) is 2. The third-order valence-electron chi connectivity index (χ3n) is 2.36. The molecule has 1 heterocycles. The molecule has 0 radical (unpaired) electrons. The Morgan fingerprint density at radius 3 is 2.79 bits per heavy atom. The zero-order valence-electron chi connectivity index (χ0n) is 8.51. The zero-order valence-corrected chi connectivity index (χ0v) is 8.51. The van der Waals surface area contributed by atoms with Gasteiger partial charge in [0, 0.05) is 17.6 Å². The number of nitrogens with zero attached hydrogens (tertiary/aromatic N) is 2. The number of rotatable bonds is 1. The van der Waals surface area contributed by atoms with Gasteiger partial charge in [-0.05, 0) is 12.0 Å². The van der Waals surface area contributed by atoms with Gasteiger partial charge in [0.25, 0.3) is 0 Å². The van der Waals surface area contributed by atoms with Crippen LogP contribution in [0.15, 0.2) is 34.3 Å². The molecule has 1 atom stereocenters. The summed E-state index contributed by atoms with van der Waals surface area (Å²) in [6, 6.07) is 8.30. The van der Waals surface area contributed by atoms with Gasteiger partial charge in [-0.1, -0.05) is 32.0 Å². The molecule has 0 spiro atoms. The molecule has 14 heavy (non-hydrogen) atoms. The van der Waals surface area contributed by atoms with E-state index in [1.54, 1.807) is 0 Å². The van der Waals surface area contributed by atoms with E-state index in [-0.39, 0.29) is 6.04 Å². The van der Waals surface area contributed by atoms with Gasteiger partial charge in [0.05, 0.1) is 11.4 Å². The molecule has 0 saturated heterocycles. The Morgan fingerprint density at radius 2 is 2.00 bits per heavy atom. The molecule has 1 aromatic carbocycles. The fourth-order valence-corrected chi connectivity index (χ4v) is 1.44. The van der Waals surface area contributed by atoms with Crippen molar-refractivity contribution in [1.29, 1.82) is 0 Å². The van der Waals surface area contributed by atoms with Crippen LogP contribution in [-0.4, -0.2) is 12.3 Å². The second kappa shape index (κ2) is 3.74. The molecule has 0 amide bonds. The van der Waals surface area contributed by atoms with Crippen LogP contribution in [-0.2, 0) is 0 Å². The van der Waals surface area contributed by atoms with E-state index >= 15 is 0 Å². The van der Waals surface area contributed by atoms with Gasteiger partial charge in [0.15, 0.2) is 0 Å². The number of benzene rings is 1. The molecular formula is C12H14N2. The molecule has 2 rings (SSSR count). The van der Waals surface area contributed by atoms with E-state index in [0.29, 0.717) is 5.92 Å². The minimum atomic E-state index is 0.204. The molecule has 1 aliphatic rings. The predicted molar refractivity (Wildman–Crippen MR) is 58.8 cm³/mol. The maximum absolute atomic E-state index is 4.66. The van der Waals surface area contributed by atoms with Crippen molar-refractivity contribution in [2.45, 2.75) is 19.9 Å². The zero-order chi connectivity index (χ0) is 9.97. The fraction of sp³-hybridized carbons (Fsp3) is 0.333. The maximum atomic E-state index is 4.66. The van der Waals surface area contributed by atoms with Gasteiger partial charge in [-0.25, -0.2) is 0 Å². The van der Waals surface area contributed by atoms with E-state index in [9.17, 15) is 0 Å². The molecule has 0 aromatic heterocycles. The first-order valence-corrected chi connectivity index (χ1v) is 4.94. The standard InChI is InChI=1S/C12H14N2/c1-9(2)12-8-13-7-10-5-3-4-6-11(10)14-12/h3-9,12H,1-2H3. The monoisotopic (exact) mass is 186 g/mol. The Hall–Kier alpha value is -1.44. The SMILES string of the molecule is CC(C)C1C=NC=c2ccccc2=N1. The molecule has 0 fully saturated rings. The van der Waals surface area contributed by atoms with E-state index in [4.69, 9.17) is 0 Å². The van der Waals surface area contributed by atoms with Gasteiger partial charge < -0.3 is 0 Å². The summed E-state index contributed by atoms with van der Waals surface area (Å²) in [5, 5.41) is 2.15. The number of fused-ring (bicyclic) bond motifs is 1. The maximum Gasteiger partial charge on any atom is 0.0880 e. The summed E-state index contributed by atoms with van der Waals surface area (Å²) in [5.41, 5.74) is 0. The lowest BCUT2D eigenvalue weighted by molar-refractivity contribution is 0.595. The molecule has 2 heteroatoms. The highest BCUT2D eigenvalue weighted by atomic mass is 14.8. The van der Waals surface area contributed by atoms with Crippen LogP contribution in [0, 0.1) is 5.92 Å². The van der Waals surface area contributed by atoms with Crippen molar-refractivity contribution in [1.82, 2.24) is 0 Å². The molecule has 1 aromatic rings. The van der Waals surface area contributed by atoms with Crippen molar-refractivity contribution in [2.24, 2.45) is 15.9 Å². The minimum Gasteiger partial charge on any atom is -0.275 e. The third kappa shape index (κ3) is 1.74. The molecule has 1 unspecified atom stereocenters. The minimum absolute atomic E-state index is 0.204. The second-order valence-corrected chi connectivity index (χ2v) is 3.85. The van der Waals surface area contributed by atoms with Gasteiger partial charge in [0.2, 0.25) is 0 Å². The van der Waals surface area contributed by atoms with Gasteiger partial charge in [0.1, 0.15) is 0 Å². The lowest BCUT2D eigenvalue weighted by Gasteiger charge is -2.09. The van der Waals surface area contributed by atoms with E-state index in [0.717, 1.165) is 10.6 Å². The van der Waals surface area contributed by atoms with Crippen LogP contribution in [0.3, 0.4) is 0 Å². The van der Waals surface area contributed by atoms with Crippen LogP contribution in [0.2, 0.25) is 0 Å². The smallest absolute Gasteiger partial charge is 0.0880 e. The normalized spacial score (nSPS) is 19.5. The van der Waals surface area contributed by atoms with Gasteiger partial charge in [-0.15, -0.1) is 0 Å². The summed E-state index contributed by atoms with van der Waals surface area (Å²) in [6.07, 6.45) is 3.80. The van der Waals surface area contributed by atoms with Gasteiger partial charge in [-0.2, -0.15) is 0 Å². The Labute approximate surface area is 83.7 Å². The number of aliphatic imine (C=N–C) groups is 1. The Morgan fingerprint density at radius 1 is 1.21 bits per heavy atom. The first-order chi connectivity index (χ1) is 6.77. The largest absolute Gasteiger partial charge is 0.275 e. The van der Waals surface area contributed by atoms with E-state index in [1.807, 2.05) is 36.7 Å². The van der Waals surface area contributed by atoms with Gasteiger partial charge in [-0.3, -0.25) is 9.98 Å². The summed E-state index contributed by atoms with van der Waals surface area (Å²) in [6.45, 7) is 4.32. The number of hydrogen-bond donors (Lipinski definition) is 0. The summed E-state index contributed by atoms with van der Waals surface area (Å²) in [4.78, 5) is 8.93. The first-order valence-electron chi connectivity index (χ1n) is 4.94. The van der Waals surface area contributed by atoms with Crippen molar-refractivity contribution in [2.75, 3.05) is 0 Å². The average molecular weight is 186 g/mol. The van der Waals surface area contributed by atoms with Crippen molar-refractivity contribution >= 4 is 12.4 Å². The molecule has 0 saturated carbocycles. The summed E-state index contributed by atoms with van der Waals surface area (Å²) < 4.78 is 0. The Balaban J connectivity index is 2.58. The highest BCUT2D eigenvalue weighted by molar-refractivity contribution is 5.68. The topological polar surface area (TPSA) is 24.7 Å². The van der Waals surface area contributed by atoms with Crippen LogP contribution in [0.25, 0.3) is 6.20 Å². The molecule has 0 N–H and O–H groups in total. The highest BCUT2D eigenvalue weighted by Gasteiger charge is 2.08. The quantitative estimate of drug-likeness (QED) is 0.628. The van der Waals surface area contributed by atoms with Crippen molar-refractivity contribution < 1.29 is 0 Å².